The van der Waals surface area contributed by atoms with Gasteiger partial charge in [0, 0.05) is 16.8 Å². The molecule has 10 heteroatoms. The van der Waals surface area contributed by atoms with Crippen molar-refractivity contribution in [3.63, 3.8) is 0 Å². The number of nitrogens with one attached hydrogen (secondary N) is 2. The van der Waals surface area contributed by atoms with Gasteiger partial charge in [0.25, 0.3) is 5.91 Å². The number of halogens is 1. The van der Waals surface area contributed by atoms with Crippen LogP contribution in [0.3, 0.4) is 0 Å². The lowest BCUT2D eigenvalue weighted by Crippen LogP contribution is -2.12. The molecule has 2 aromatic carbocycles. The van der Waals surface area contributed by atoms with Gasteiger partial charge in [-0.25, -0.2) is 9.67 Å². The third kappa shape index (κ3) is 3.53. The van der Waals surface area contributed by atoms with Crippen molar-refractivity contribution < 1.29 is 4.79 Å². The molecular weight excluding hydrogens is 368 g/mol. The Hall–Kier alpha value is -3.59. The summed E-state index contributed by atoms with van der Waals surface area (Å²) in [7, 11) is 0. The maximum Gasteiger partial charge on any atom is 0.255 e. The van der Waals surface area contributed by atoms with Crippen LogP contribution in [-0.2, 0) is 0 Å². The van der Waals surface area contributed by atoms with Crippen molar-refractivity contribution in [1.82, 2.24) is 35.4 Å². The van der Waals surface area contributed by atoms with Crippen LogP contribution in [0.1, 0.15) is 16.2 Å². The molecule has 0 fully saturated rings. The van der Waals surface area contributed by atoms with Crippen LogP contribution < -0.4 is 5.32 Å². The third-order valence-corrected chi connectivity index (χ3v) is 4.10. The fourth-order valence-electron chi connectivity index (χ4n) is 2.51. The van der Waals surface area contributed by atoms with Gasteiger partial charge in [-0.15, -0.1) is 5.10 Å². The molecule has 0 bridgehead atoms. The maximum atomic E-state index is 12.6. The highest BCUT2D eigenvalue weighted by Crippen LogP contribution is 2.28. The number of carbonyl (C=O) groups is 1. The molecule has 134 valence electrons. The van der Waals surface area contributed by atoms with E-state index in [-0.39, 0.29) is 5.91 Å². The smallest absolute Gasteiger partial charge is 0.255 e. The zero-order valence-electron chi connectivity index (χ0n) is 14.1. The fourth-order valence-corrected chi connectivity index (χ4v) is 2.77. The summed E-state index contributed by atoms with van der Waals surface area (Å²) in [5, 5.41) is 21.1. The number of nitrogens with zero attached hydrogens (tertiary/aromatic N) is 6. The average Bonchev–Trinajstić information content (AvgIpc) is 3.34. The van der Waals surface area contributed by atoms with Crippen LogP contribution >= 0.6 is 11.6 Å². The second-order valence-electron chi connectivity index (χ2n) is 5.70. The van der Waals surface area contributed by atoms with Crippen LogP contribution in [0.25, 0.3) is 17.1 Å². The first-order valence-corrected chi connectivity index (χ1v) is 8.31. The van der Waals surface area contributed by atoms with Gasteiger partial charge in [0.1, 0.15) is 12.2 Å². The van der Waals surface area contributed by atoms with Crippen LogP contribution in [0, 0.1) is 6.92 Å². The molecule has 0 spiro atoms. The van der Waals surface area contributed by atoms with E-state index in [4.69, 9.17) is 11.6 Å². The molecule has 0 radical (unpaired) electrons. The molecule has 9 nitrogen and oxygen atoms in total. The molecule has 0 unspecified atom stereocenters. The summed E-state index contributed by atoms with van der Waals surface area (Å²) in [6, 6.07) is 12.1. The van der Waals surface area contributed by atoms with Crippen LogP contribution in [-0.4, -0.2) is 41.3 Å². The van der Waals surface area contributed by atoms with Crippen molar-refractivity contribution in [3.05, 3.63) is 65.2 Å². The van der Waals surface area contributed by atoms with Crippen LogP contribution in [0.5, 0.6) is 0 Å². The topological polar surface area (TPSA) is 114 Å². The van der Waals surface area contributed by atoms with Crippen LogP contribution in [0.2, 0.25) is 5.02 Å². The van der Waals surface area contributed by atoms with Crippen molar-refractivity contribution in [2.24, 2.45) is 0 Å². The highest BCUT2D eigenvalue weighted by Gasteiger charge is 2.12. The molecule has 0 aliphatic carbocycles. The number of hydrogen-bond donors (Lipinski definition) is 2. The predicted molar refractivity (Wildman–Crippen MR) is 98.7 cm³/mol. The summed E-state index contributed by atoms with van der Waals surface area (Å²) in [6.07, 6.45) is 1.46. The Bertz CT molecular complexity index is 1110. The van der Waals surface area contributed by atoms with E-state index in [2.05, 4.69) is 36.0 Å². The second-order valence-corrected chi connectivity index (χ2v) is 6.11. The van der Waals surface area contributed by atoms with E-state index in [1.165, 1.54) is 11.0 Å². The number of aromatic amines is 1. The highest BCUT2D eigenvalue weighted by atomic mass is 35.5. The van der Waals surface area contributed by atoms with Gasteiger partial charge in [-0.2, -0.15) is 5.10 Å². The minimum absolute atomic E-state index is 0.275. The van der Waals surface area contributed by atoms with E-state index in [0.717, 1.165) is 0 Å². The number of amides is 1. The van der Waals surface area contributed by atoms with Crippen molar-refractivity contribution in [2.75, 3.05) is 5.32 Å². The number of anilines is 1. The van der Waals surface area contributed by atoms with E-state index < -0.39 is 0 Å². The summed E-state index contributed by atoms with van der Waals surface area (Å²) >= 11 is 6.32. The number of carbonyl (C=O) groups excluding carboxylic acids is 1. The number of H-pyrrole nitrogens is 1. The molecule has 0 saturated heterocycles. The molecular formula is C17H13ClN8O. The van der Waals surface area contributed by atoms with Crippen molar-refractivity contribution in [1.29, 1.82) is 0 Å². The lowest BCUT2D eigenvalue weighted by Gasteiger charge is -2.08. The van der Waals surface area contributed by atoms with E-state index in [1.54, 1.807) is 42.5 Å². The Morgan fingerprint density at radius 3 is 2.81 bits per heavy atom. The molecule has 4 aromatic rings. The molecule has 0 aliphatic heterocycles. The molecule has 2 N–H and O–H groups in total. The lowest BCUT2D eigenvalue weighted by atomic mass is 10.1. The summed E-state index contributed by atoms with van der Waals surface area (Å²) in [5.74, 6) is 0.924. The first kappa shape index (κ1) is 16.9. The molecule has 2 heterocycles. The zero-order valence-corrected chi connectivity index (χ0v) is 14.8. The molecule has 0 atom stereocenters. The van der Waals surface area contributed by atoms with E-state index in [0.29, 0.717) is 39.2 Å². The Morgan fingerprint density at radius 1 is 1.22 bits per heavy atom. The maximum absolute atomic E-state index is 12.6. The molecule has 27 heavy (non-hydrogen) atoms. The second kappa shape index (κ2) is 6.96. The SMILES string of the molecule is Cc1nc(-c2ccc(NC(=O)c3cccc(-n4cnnn4)c3)cc2Cl)n[nH]1. The molecule has 4 rings (SSSR count). The van der Waals surface area contributed by atoms with Crippen molar-refractivity contribution >= 4 is 23.2 Å². The number of benzene rings is 2. The first-order chi connectivity index (χ1) is 13.1. The normalized spacial score (nSPS) is 10.7. The number of hydrogen-bond acceptors (Lipinski definition) is 6. The van der Waals surface area contributed by atoms with Gasteiger partial charge in [0.15, 0.2) is 5.82 Å². The Balaban J connectivity index is 1.55. The van der Waals surface area contributed by atoms with E-state index in [1.807, 2.05) is 6.92 Å². The number of tetrazole rings is 1. The monoisotopic (exact) mass is 380 g/mol. The third-order valence-electron chi connectivity index (χ3n) is 3.79. The first-order valence-electron chi connectivity index (χ1n) is 7.94. The molecule has 2 aromatic heterocycles. The Labute approximate surface area is 158 Å². The van der Waals surface area contributed by atoms with Gasteiger partial charge in [0.2, 0.25) is 0 Å². The van der Waals surface area contributed by atoms with E-state index in [9.17, 15) is 4.79 Å². The minimum Gasteiger partial charge on any atom is -0.322 e. The van der Waals surface area contributed by atoms with E-state index >= 15 is 0 Å². The standard InChI is InChI=1S/C17H13ClN8O/c1-10-20-16(23-22-10)14-6-5-12(8-15(14)18)21-17(27)11-3-2-4-13(7-11)26-9-19-24-25-26/h2-9H,1H3,(H,21,27)(H,20,22,23). The van der Waals surface area contributed by atoms with Gasteiger partial charge < -0.3 is 5.32 Å². The van der Waals surface area contributed by atoms with Crippen molar-refractivity contribution in [2.45, 2.75) is 6.92 Å². The van der Waals surface area contributed by atoms with Gasteiger partial charge in [-0.1, -0.05) is 17.7 Å². The molecule has 0 saturated carbocycles. The molecule has 1 amide bonds. The zero-order chi connectivity index (χ0) is 18.8. The summed E-state index contributed by atoms with van der Waals surface area (Å²) in [4.78, 5) is 16.8. The van der Waals surface area contributed by atoms with Crippen molar-refractivity contribution in [3.8, 4) is 17.1 Å². The molecule has 0 aliphatic rings. The summed E-state index contributed by atoms with van der Waals surface area (Å²) in [6.45, 7) is 1.81. The Morgan fingerprint density at radius 2 is 2.11 bits per heavy atom. The number of aromatic nitrogens is 7. The van der Waals surface area contributed by atoms with Gasteiger partial charge in [-0.05, 0) is 53.7 Å². The number of aryl methyl sites for hydroxylation is 1. The largest absolute Gasteiger partial charge is 0.322 e. The summed E-state index contributed by atoms with van der Waals surface area (Å²) in [5.41, 5.74) is 2.39. The number of rotatable bonds is 4. The quantitative estimate of drug-likeness (QED) is 0.562. The lowest BCUT2D eigenvalue weighted by molar-refractivity contribution is 0.102. The summed E-state index contributed by atoms with van der Waals surface area (Å²) < 4.78 is 1.47. The fraction of sp³-hybridized carbons (Fsp3) is 0.0588. The average molecular weight is 381 g/mol. The predicted octanol–water partition coefficient (Wildman–Crippen LogP) is 2.66. The van der Waals surface area contributed by atoms with Crippen LogP contribution in [0.4, 0.5) is 5.69 Å². The van der Waals surface area contributed by atoms with Gasteiger partial charge >= 0.3 is 0 Å². The van der Waals surface area contributed by atoms with Gasteiger partial charge in [-0.3, -0.25) is 9.89 Å². The highest BCUT2D eigenvalue weighted by molar-refractivity contribution is 6.33. The van der Waals surface area contributed by atoms with Gasteiger partial charge in [0.05, 0.1) is 10.7 Å². The Kier molecular flexibility index (Phi) is 4.35. The minimum atomic E-state index is -0.275. The van der Waals surface area contributed by atoms with Crippen LogP contribution in [0.15, 0.2) is 48.8 Å².